The highest BCUT2D eigenvalue weighted by atomic mass is 127. The lowest BCUT2D eigenvalue weighted by Gasteiger charge is -2.09. The Kier molecular flexibility index (Phi) is 9.43. The van der Waals surface area contributed by atoms with Crippen LogP contribution in [0.2, 0.25) is 0 Å². The molecule has 0 atom stereocenters. The summed E-state index contributed by atoms with van der Waals surface area (Å²) in [4.78, 5) is 4.51. The first kappa shape index (κ1) is 20.5. The van der Waals surface area contributed by atoms with E-state index in [9.17, 15) is 0 Å². The van der Waals surface area contributed by atoms with Gasteiger partial charge in [0.05, 0.1) is 24.5 Å². The molecule has 2 heterocycles. The van der Waals surface area contributed by atoms with Crippen LogP contribution < -0.4 is 10.6 Å². The van der Waals surface area contributed by atoms with Crippen molar-refractivity contribution >= 4 is 29.9 Å². The molecule has 0 aliphatic carbocycles. The van der Waals surface area contributed by atoms with Crippen molar-refractivity contribution in [3.8, 4) is 0 Å². The fourth-order valence-corrected chi connectivity index (χ4v) is 2.36. The third kappa shape index (κ3) is 6.14. The summed E-state index contributed by atoms with van der Waals surface area (Å²) in [5, 5.41) is 17.5. The predicted molar refractivity (Wildman–Crippen MR) is 105 cm³/mol. The number of nitrogens with one attached hydrogen (secondary N) is 3. The van der Waals surface area contributed by atoms with Crippen LogP contribution in [0.15, 0.2) is 27.8 Å². The SMILES string of the molecule is CCNC(=NCc1ccn[nH]1)NCc1cc(C(CC)CC)no1.I. The number of aromatic amines is 1. The Hall–Kier alpha value is -1.58. The molecule has 0 aliphatic rings. The first-order chi connectivity index (χ1) is 11.3. The van der Waals surface area contributed by atoms with E-state index < -0.39 is 0 Å². The largest absolute Gasteiger partial charge is 0.359 e. The standard InChI is InChI=1S/C16H26N6O.HI/c1-4-12(5-2)15-9-14(23-22-15)11-19-16(17-6-3)18-10-13-7-8-20-21-13;/h7-9,12H,4-6,10-11H2,1-3H3,(H,20,21)(H2,17,18,19);1H. The number of nitrogens with zero attached hydrogens (tertiary/aromatic N) is 3. The van der Waals surface area contributed by atoms with Gasteiger partial charge < -0.3 is 15.2 Å². The summed E-state index contributed by atoms with van der Waals surface area (Å²) >= 11 is 0. The molecule has 24 heavy (non-hydrogen) atoms. The van der Waals surface area contributed by atoms with Gasteiger partial charge in [0.15, 0.2) is 11.7 Å². The van der Waals surface area contributed by atoms with Gasteiger partial charge in [0.2, 0.25) is 0 Å². The van der Waals surface area contributed by atoms with Gasteiger partial charge in [-0.3, -0.25) is 5.10 Å². The average Bonchev–Trinajstić information content (AvgIpc) is 3.23. The summed E-state index contributed by atoms with van der Waals surface area (Å²) in [6.07, 6.45) is 3.87. The lowest BCUT2D eigenvalue weighted by molar-refractivity contribution is 0.368. The van der Waals surface area contributed by atoms with Crippen molar-refractivity contribution in [2.45, 2.75) is 52.6 Å². The van der Waals surface area contributed by atoms with Crippen LogP contribution in [0.1, 0.15) is 56.7 Å². The number of hydrogen-bond donors (Lipinski definition) is 3. The first-order valence-electron chi connectivity index (χ1n) is 8.22. The third-order valence-electron chi connectivity index (χ3n) is 3.72. The van der Waals surface area contributed by atoms with Crippen molar-refractivity contribution in [2.75, 3.05) is 6.54 Å². The minimum Gasteiger partial charge on any atom is -0.359 e. The smallest absolute Gasteiger partial charge is 0.192 e. The van der Waals surface area contributed by atoms with Crippen molar-refractivity contribution in [3.05, 3.63) is 35.5 Å². The zero-order valence-corrected chi connectivity index (χ0v) is 16.8. The maximum absolute atomic E-state index is 5.42. The van der Waals surface area contributed by atoms with Gasteiger partial charge in [-0.2, -0.15) is 5.10 Å². The van der Waals surface area contributed by atoms with Gasteiger partial charge >= 0.3 is 0 Å². The van der Waals surface area contributed by atoms with Crippen molar-refractivity contribution in [1.82, 2.24) is 26.0 Å². The monoisotopic (exact) mass is 446 g/mol. The van der Waals surface area contributed by atoms with Crippen molar-refractivity contribution in [1.29, 1.82) is 0 Å². The van der Waals surface area contributed by atoms with Gasteiger partial charge in [-0.1, -0.05) is 19.0 Å². The molecular formula is C16H27IN6O. The van der Waals surface area contributed by atoms with Crippen LogP contribution >= 0.6 is 24.0 Å². The Morgan fingerprint density at radius 2 is 2.08 bits per heavy atom. The number of aliphatic imine (C=N–C) groups is 1. The topological polar surface area (TPSA) is 91.1 Å². The Labute approximate surface area is 160 Å². The van der Waals surface area contributed by atoms with Crippen molar-refractivity contribution in [3.63, 3.8) is 0 Å². The highest BCUT2D eigenvalue weighted by Gasteiger charge is 2.13. The predicted octanol–water partition coefficient (Wildman–Crippen LogP) is 3.17. The van der Waals surface area contributed by atoms with E-state index >= 15 is 0 Å². The maximum atomic E-state index is 5.42. The Morgan fingerprint density at radius 1 is 1.29 bits per heavy atom. The zero-order valence-electron chi connectivity index (χ0n) is 14.5. The molecule has 2 aromatic rings. The van der Waals surface area contributed by atoms with E-state index in [-0.39, 0.29) is 24.0 Å². The van der Waals surface area contributed by atoms with Crippen LogP contribution in [0.4, 0.5) is 0 Å². The Balaban J connectivity index is 0.00000288. The lowest BCUT2D eigenvalue weighted by Crippen LogP contribution is -2.36. The molecule has 0 radical (unpaired) electrons. The summed E-state index contributed by atoms with van der Waals surface area (Å²) in [6.45, 7) is 8.28. The van der Waals surface area contributed by atoms with E-state index in [1.165, 1.54) is 0 Å². The van der Waals surface area contributed by atoms with Gasteiger partial charge in [0.25, 0.3) is 0 Å². The van der Waals surface area contributed by atoms with Crippen LogP contribution in [-0.2, 0) is 13.1 Å². The number of rotatable bonds is 8. The second-order valence-corrected chi connectivity index (χ2v) is 5.36. The number of guanidine groups is 1. The third-order valence-corrected chi connectivity index (χ3v) is 3.72. The Bertz CT molecular complexity index is 591. The molecule has 0 amide bonds. The van der Waals surface area contributed by atoms with Crippen LogP contribution in [0.5, 0.6) is 0 Å². The molecule has 134 valence electrons. The fourth-order valence-electron chi connectivity index (χ4n) is 2.36. The van der Waals surface area contributed by atoms with Gasteiger partial charge in [0.1, 0.15) is 0 Å². The number of hydrogen-bond acceptors (Lipinski definition) is 4. The number of aromatic nitrogens is 3. The van der Waals surface area contributed by atoms with Crippen LogP contribution in [0, 0.1) is 0 Å². The molecule has 0 unspecified atom stereocenters. The van der Waals surface area contributed by atoms with E-state index in [2.05, 4.69) is 44.8 Å². The van der Waals surface area contributed by atoms with Gasteiger partial charge in [0, 0.05) is 24.7 Å². The molecule has 0 aromatic carbocycles. The van der Waals surface area contributed by atoms with E-state index in [1.54, 1.807) is 6.20 Å². The van der Waals surface area contributed by atoms with E-state index in [0.717, 1.165) is 42.5 Å². The summed E-state index contributed by atoms with van der Waals surface area (Å²) in [7, 11) is 0. The van der Waals surface area contributed by atoms with Crippen molar-refractivity contribution < 1.29 is 4.52 Å². The minimum atomic E-state index is 0. The van der Waals surface area contributed by atoms with E-state index in [1.807, 2.05) is 19.1 Å². The minimum absolute atomic E-state index is 0. The van der Waals surface area contributed by atoms with Crippen LogP contribution in [0.3, 0.4) is 0 Å². The molecule has 2 aromatic heterocycles. The first-order valence-corrected chi connectivity index (χ1v) is 8.22. The highest BCUT2D eigenvalue weighted by molar-refractivity contribution is 14.0. The average molecular weight is 446 g/mol. The molecule has 0 saturated heterocycles. The van der Waals surface area contributed by atoms with Gasteiger partial charge in [-0.25, -0.2) is 4.99 Å². The van der Waals surface area contributed by atoms with Gasteiger partial charge in [-0.05, 0) is 25.8 Å². The Morgan fingerprint density at radius 3 is 2.71 bits per heavy atom. The van der Waals surface area contributed by atoms with Crippen LogP contribution in [0.25, 0.3) is 0 Å². The molecule has 2 rings (SSSR count). The maximum Gasteiger partial charge on any atom is 0.192 e. The normalized spacial score (nSPS) is 11.4. The zero-order chi connectivity index (χ0) is 16.5. The van der Waals surface area contributed by atoms with Gasteiger partial charge in [-0.15, -0.1) is 24.0 Å². The molecule has 0 saturated carbocycles. The second kappa shape index (κ2) is 11.1. The molecule has 3 N–H and O–H groups in total. The molecule has 7 nitrogen and oxygen atoms in total. The van der Waals surface area contributed by atoms with E-state index in [4.69, 9.17) is 4.52 Å². The molecule has 0 fully saturated rings. The summed E-state index contributed by atoms with van der Waals surface area (Å²) < 4.78 is 5.42. The summed E-state index contributed by atoms with van der Waals surface area (Å²) in [5.41, 5.74) is 2.00. The van der Waals surface area contributed by atoms with E-state index in [0.29, 0.717) is 19.0 Å². The lowest BCUT2D eigenvalue weighted by atomic mass is 9.99. The molecule has 0 spiro atoms. The molecular weight excluding hydrogens is 419 g/mol. The summed E-state index contributed by atoms with van der Waals surface area (Å²) in [6, 6.07) is 3.94. The quantitative estimate of drug-likeness (QED) is 0.329. The number of halogens is 1. The molecule has 8 heteroatoms. The second-order valence-electron chi connectivity index (χ2n) is 5.36. The molecule has 0 aliphatic heterocycles. The summed E-state index contributed by atoms with van der Waals surface area (Å²) in [5.74, 6) is 2.02. The fraction of sp³-hybridized carbons (Fsp3) is 0.562. The highest BCUT2D eigenvalue weighted by Crippen LogP contribution is 2.22. The number of H-pyrrole nitrogens is 1. The molecule has 0 bridgehead atoms. The van der Waals surface area contributed by atoms with Crippen LogP contribution in [-0.4, -0.2) is 27.9 Å². The van der Waals surface area contributed by atoms with Crippen molar-refractivity contribution in [2.24, 2.45) is 4.99 Å².